The second-order valence-corrected chi connectivity index (χ2v) is 3.16. The number of benzene rings is 1. The maximum atomic E-state index is 5.73. The quantitative estimate of drug-likeness (QED) is 0.661. The molecular formula is C10H12N4. The number of rotatable bonds is 2. The third-order valence-corrected chi connectivity index (χ3v) is 2.14. The molecule has 14 heavy (non-hydrogen) atoms. The highest BCUT2D eigenvalue weighted by atomic mass is 15.2. The predicted octanol–water partition coefficient (Wildman–Crippen LogP) is 1.16. The summed E-state index contributed by atoms with van der Waals surface area (Å²) in [5.74, 6) is 0.371. The maximum absolute atomic E-state index is 5.73. The Morgan fingerprint density at radius 2 is 1.86 bits per heavy atom. The van der Waals surface area contributed by atoms with Gasteiger partial charge in [-0.15, -0.1) is 0 Å². The first-order valence-corrected chi connectivity index (χ1v) is 4.39. The molecule has 0 saturated heterocycles. The van der Waals surface area contributed by atoms with Crippen LogP contribution in [0.15, 0.2) is 30.3 Å². The third kappa shape index (κ3) is 1.54. The monoisotopic (exact) mass is 188 g/mol. The predicted molar refractivity (Wildman–Crippen MR) is 56.7 cm³/mol. The van der Waals surface area contributed by atoms with E-state index in [0.29, 0.717) is 11.5 Å². The van der Waals surface area contributed by atoms with Gasteiger partial charge in [-0.05, 0) is 5.56 Å². The van der Waals surface area contributed by atoms with E-state index >= 15 is 0 Å². The molecule has 0 amide bonds. The Labute approximate surface area is 81.9 Å². The first-order valence-electron chi connectivity index (χ1n) is 4.39. The van der Waals surface area contributed by atoms with Crippen LogP contribution in [0, 0.1) is 0 Å². The molecule has 0 fully saturated rings. The van der Waals surface area contributed by atoms with Crippen LogP contribution in [0.3, 0.4) is 0 Å². The van der Waals surface area contributed by atoms with Crippen molar-refractivity contribution < 1.29 is 0 Å². The normalized spacial score (nSPS) is 10.3. The van der Waals surface area contributed by atoms with E-state index in [1.165, 1.54) is 5.56 Å². The van der Waals surface area contributed by atoms with Gasteiger partial charge in [0.2, 0.25) is 0 Å². The molecule has 0 unspecified atom stereocenters. The first-order chi connectivity index (χ1) is 6.77. The average Bonchev–Trinajstić information content (AvgIpc) is 2.52. The number of anilines is 2. The topological polar surface area (TPSA) is 80.7 Å². The number of nitrogens with one attached hydrogen (secondary N) is 1. The lowest BCUT2D eigenvalue weighted by atomic mass is 10.1. The summed E-state index contributed by atoms with van der Waals surface area (Å²) in [6.07, 6.45) is 0.733. The van der Waals surface area contributed by atoms with Gasteiger partial charge >= 0.3 is 0 Å². The summed E-state index contributed by atoms with van der Waals surface area (Å²) >= 11 is 0. The molecule has 4 nitrogen and oxygen atoms in total. The molecule has 2 aromatic rings. The van der Waals surface area contributed by atoms with Gasteiger partial charge in [-0.3, -0.25) is 5.10 Å². The summed E-state index contributed by atoms with van der Waals surface area (Å²) in [4.78, 5) is 0. The van der Waals surface area contributed by atoms with Crippen LogP contribution in [-0.2, 0) is 6.42 Å². The van der Waals surface area contributed by atoms with Crippen molar-refractivity contribution in [2.45, 2.75) is 6.42 Å². The Kier molecular flexibility index (Phi) is 2.10. The highest BCUT2D eigenvalue weighted by Crippen LogP contribution is 2.18. The van der Waals surface area contributed by atoms with E-state index in [0.717, 1.165) is 12.1 Å². The van der Waals surface area contributed by atoms with Crippen molar-refractivity contribution >= 4 is 11.5 Å². The lowest BCUT2D eigenvalue weighted by Gasteiger charge is -1.99. The summed E-state index contributed by atoms with van der Waals surface area (Å²) in [6, 6.07) is 10.0. The fourth-order valence-electron chi connectivity index (χ4n) is 1.34. The van der Waals surface area contributed by atoms with Crippen molar-refractivity contribution in [2.24, 2.45) is 0 Å². The third-order valence-electron chi connectivity index (χ3n) is 2.14. The highest BCUT2D eigenvalue weighted by Gasteiger charge is 2.06. The van der Waals surface area contributed by atoms with Gasteiger partial charge in [-0.1, -0.05) is 30.3 Å². The second kappa shape index (κ2) is 3.41. The first kappa shape index (κ1) is 8.62. The van der Waals surface area contributed by atoms with Gasteiger partial charge in [-0.2, -0.15) is 5.10 Å². The van der Waals surface area contributed by atoms with Crippen LogP contribution in [0.4, 0.5) is 11.5 Å². The van der Waals surface area contributed by atoms with E-state index in [9.17, 15) is 0 Å². The standard InChI is InChI=1S/C10H12N4/c11-9-8(13-14-10(9)12)6-7-4-2-1-3-5-7/h1-5H,6,11H2,(H3,12,13,14). The molecule has 0 aliphatic heterocycles. The van der Waals surface area contributed by atoms with Crippen molar-refractivity contribution in [1.29, 1.82) is 0 Å². The zero-order chi connectivity index (χ0) is 9.97. The minimum Gasteiger partial charge on any atom is -0.394 e. The van der Waals surface area contributed by atoms with Gasteiger partial charge in [0.25, 0.3) is 0 Å². The van der Waals surface area contributed by atoms with Gasteiger partial charge < -0.3 is 11.5 Å². The molecule has 0 radical (unpaired) electrons. The Bertz CT molecular complexity index is 419. The van der Waals surface area contributed by atoms with Crippen molar-refractivity contribution in [3.05, 3.63) is 41.6 Å². The summed E-state index contributed by atoms with van der Waals surface area (Å²) in [5, 5.41) is 6.66. The van der Waals surface area contributed by atoms with Crippen molar-refractivity contribution in [1.82, 2.24) is 10.2 Å². The fourth-order valence-corrected chi connectivity index (χ4v) is 1.34. The van der Waals surface area contributed by atoms with Crippen molar-refractivity contribution in [3.8, 4) is 0 Å². The minimum absolute atomic E-state index is 0.371. The Morgan fingerprint density at radius 3 is 2.43 bits per heavy atom. The van der Waals surface area contributed by atoms with Gasteiger partial charge in [0, 0.05) is 6.42 Å². The van der Waals surface area contributed by atoms with Crippen LogP contribution >= 0.6 is 0 Å². The zero-order valence-electron chi connectivity index (χ0n) is 7.70. The van der Waals surface area contributed by atoms with Crippen LogP contribution in [-0.4, -0.2) is 10.2 Å². The van der Waals surface area contributed by atoms with Gasteiger partial charge in [0.1, 0.15) is 0 Å². The molecule has 0 aliphatic carbocycles. The Balaban J connectivity index is 2.23. The summed E-state index contributed by atoms with van der Waals surface area (Å²) in [6.45, 7) is 0. The molecule has 0 spiro atoms. The summed E-state index contributed by atoms with van der Waals surface area (Å²) in [7, 11) is 0. The van der Waals surface area contributed by atoms with Crippen LogP contribution < -0.4 is 11.5 Å². The molecule has 0 bridgehead atoms. The molecule has 0 saturated carbocycles. The molecule has 0 atom stereocenters. The molecule has 4 heteroatoms. The maximum Gasteiger partial charge on any atom is 0.168 e. The van der Waals surface area contributed by atoms with Crippen LogP contribution in [0.5, 0.6) is 0 Å². The van der Waals surface area contributed by atoms with Crippen LogP contribution in [0.1, 0.15) is 11.3 Å². The second-order valence-electron chi connectivity index (χ2n) is 3.16. The molecule has 1 heterocycles. The minimum atomic E-state index is 0.371. The molecule has 72 valence electrons. The largest absolute Gasteiger partial charge is 0.394 e. The van der Waals surface area contributed by atoms with Gasteiger partial charge in [0.05, 0.1) is 11.4 Å². The number of H-pyrrole nitrogens is 1. The number of aromatic nitrogens is 2. The van der Waals surface area contributed by atoms with E-state index in [1.807, 2.05) is 30.3 Å². The van der Waals surface area contributed by atoms with E-state index in [4.69, 9.17) is 11.5 Å². The number of nitrogen functional groups attached to an aromatic ring is 2. The fraction of sp³-hybridized carbons (Fsp3) is 0.100. The Hall–Kier alpha value is -1.97. The van der Waals surface area contributed by atoms with Gasteiger partial charge in [0.15, 0.2) is 5.82 Å². The van der Waals surface area contributed by atoms with E-state index in [2.05, 4.69) is 10.2 Å². The lowest BCUT2D eigenvalue weighted by Crippen LogP contribution is -1.96. The molecular weight excluding hydrogens is 176 g/mol. The smallest absolute Gasteiger partial charge is 0.168 e. The lowest BCUT2D eigenvalue weighted by molar-refractivity contribution is 1.00. The summed E-state index contributed by atoms with van der Waals surface area (Å²) in [5.41, 5.74) is 13.9. The van der Waals surface area contributed by atoms with Crippen molar-refractivity contribution in [3.63, 3.8) is 0 Å². The molecule has 2 rings (SSSR count). The number of hydrogen-bond acceptors (Lipinski definition) is 3. The van der Waals surface area contributed by atoms with Crippen LogP contribution in [0.25, 0.3) is 0 Å². The summed E-state index contributed by atoms with van der Waals surface area (Å²) < 4.78 is 0. The van der Waals surface area contributed by atoms with E-state index in [1.54, 1.807) is 0 Å². The Morgan fingerprint density at radius 1 is 1.14 bits per heavy atom. The number of nitrogens with zero attached hydrogens (tertiary/aromatic N) is 1. The molecule has 1 aromatic heterocycles. The van der Waals surface area contributed by atoms with E-state index in [-0.39, 0.29) is 0 Å². The van der Waals surface area contributed by atoms with Crippen LogP contribution in [0.2, 0.25) is 0 Å². The number of aromatic amines is 1. The SMILES string of the molecule is Nc1n[nH]c(Cc2ccccc2)c1N. The molecule has 1 aromatic carbocycles. The number of hydrogen-bond donors (Lipinski definition) is 3. The average molecular weight is 188 g/mol. The van der Waals surface area contributed by atoms with E-state index < -0.39 is 0 Å². The zero-order valence-corrected chi connectivity index (χ0v) is 7.70. The van der Waals surface area contributed by atoms with Gasteiger partial charge in [-0.25, -0.2) is 0 Å². The van der Waals surface area contributed by atoms with Crippen molar-refractivity contribution in [2.75, 3.05) is 11.5 Å². The number of nitrogens with two attached hydrogens (primary N) is 2. The molecule has 0 aliphatic rings. The highest BCUT2D eigenvalue weighted by molar-refractivity contribution is 5.61. The molecule has 5 N–H and O–H groups in total.